The summed E-state index contributed by atoms with van der Waals surface area (Å²) in [4.78, 5) is 10.1. The zero-order valence-electron chi connectivity index (χ0n) is 12.7. The van der Waals surface area contributed by atoms with Gasteiger partial charge in [0.05, 0.1) is 25.9 Å². The molecule has 0 bridgehead atoms. The van der Waals surface area contributed by atoms with Crippen LogP contribution >= 0.6 is 0 Å². The quantitative estimate of drug-likeness (QED) is 0.640. The number of alkyl halides is 2. The van der Waals surface area contributed by atoms with Crippen LogP contribution in [0.15, 0.2) is 17.4 Å². The van der Waals surface area contributed by atoms with Crippen LogP contribution < -0.4 is 5.32 Å². The number of nitrogens with one attached hydrogen (secondary N) is 1. The van der Waals surface area contributed by atoms with Gasteiger partial charge >= 0.3 is 6.55 Å². The number of morpholine rings is 1. The Bertz CT molecular complexity index is 493. The first kappa shape index (κ1) is 16.6. The molecule has 1 saturated heterocycles. The highest BCUT2D eigenvalue weighted by molar-refractivity contribution is 5.79. The lowest BCUT2D eigenvalue weighted by Crippen LogP contribution is -2.51. The molecule has 0 saturated carbocycles. The van der Waals surface area contributed by atoms with Crippen molar-refractivity contribution in [1.29, 1.82) is 0 Å². The number of nitrogens with zero attached hydrogens (tertiary/aromatic N) is 4. The van der Waals surface area contributed by atoms with Crippen molar-refractivity contribution in [2.45, 2.75) is 19.2 Å². The van der Waals surface area contributed by atoms with Crippen molar-refractivity contribution in [3.05, 3.63) is 18.2 Å². The first-order valence-electron chi connectivity index (χ1n) is 7.01. The molecule has 1 aromatic heterocycles. The van der Waals surface area contributed by atoms with Crippen LogP contribution in [0.5, 0.6) is 0 Å². The van der Waals surface area contributed by atoms with E-state index in [2.05, 4.69) is 15.3 Å². The Morgan fingerprint density at radius 2 is 2.45 bits per heavy atom. The van der Waals surface area contributed by atoms with E-state index in [0.29, 0.717) is 32.3 Å². The van der Waals surface area contributed by atoms with Gasteiger partial charge in [0.2, 0.25) is 0 Å². The first-order valence-corrected chi connectivity index (χ1v) is 7.01. The molecule has 0 amide bonds. The number of methoxy groups -OCH3 is 1. The fourth-order valence-corrected chi connectivity index (χ4v) is 2.35. The minimum Gasteiger partial charge on any atom is -0.382 e. The van der Waals surface area contributed by atoms with Crippen LogP contribution in [0.2, 0.25) is 0 Å². The maximum Gasteiger partial charge on any atom is 0.319 e. The van der Waals surface area contributed by atoms with E-state index in [-0.39, 0.29) is 18.5 Å². The molecule has 1 N–H and O–H groups in total. The van der Waals surface area contributed by atoms with E-state index in [1.807, 2.05) is 4.90 Å². The minimum absolute atomic E-state index is 0.0275. The molecule has 1 unspecified atom stereocenters. The molecule has 1 aliphatic rings. The van der Waals surface area contributed by atoms with Gasteiger partial charge in [-0.05, 0) is 0 Å². The molecule has 0 radical (unpaired) electrons. The maximum atomic E-state index is 12.8. The van der Waals surface area contributed by atoms with Crippen LogP contribution in [-0.2, 0) is 16.0 Å². The number of hydrogen-bond acceptors (Lipinski definition) is 4. The predicted molar refractivity (Wildman–Crippen MR) is 76.9 cm³/mol. The average Bonchev–Trinajstić information content (AvgIpc) is 2.97. The second kappa shape index (κ2) is 8.04. The van der Waals surface area contributed by atoms with Crippen molar-refractivity contribution in [1.82, 2.24) is 19.8 Å². The monoisotopic (exact) mass is 317 g/mol. The molecular formula is C13H21F2N5O2. The zero-order valence-corrected chi connectivity index (χ0v) is 12.7. The number of rotatable bonds is 5. The Kier molecular flexibility index (Phi) is 6.08. The third-order valence-corrected chi connectivity index (χ3v) is 3.37. The highest BCUT2D eigenvalue weighted by atomic mass is 19.3. The molecule has 2 rings (SSSR count). The third-order valence-electron chi connectivity index (χ3n) is 3.37. The van der Waals surface area contributed by atoms with Crippen LogP contribution in [0.1, 0.15) is 12.4 Å². The van der Waals surface area contributed by atoms with E-state index in [1.54, 1.807) is 14.2 Å². The van der Waals surface area contributed by atoms with Gasteiger partial charge in [-0.2, -0.15) is 8.78 Å². The lowest BCUT2D eigenvalue weighted by Gasteiger charge is -2.34. The molecule has 1 aliphatic heterocycles. The second-order valence-electron chi connectivity index (χ2n) is 4.82. The number of aliphatic imine (C=N–C) groups is 1. The summed E-state index contributed by atoms with van der Waals surface area (Å²) in [5.41, 5.74) is 0. The molecule has 7 nitrogen and oxygen atoms in total. The molecule has 0 spiro atoms. The summed E-state index contributed by atoms with van der Waals surface area (Å²) in [6.45, 7) is -0.0317. The predicted octanol–water partition coefficient (Wildman–Crippen LogP) is 0.701. The van der Waals surface area contributed by atoms with Gasteiger partial charge in [0.15, 0.2) is 5.96 Å². The lowest BCUT2D eigenvalue weighted by atomic mass is 10.3. The van der Waals surface area contributed by atoms with Crippen molar-refractivity contribution < 1.29 is 18.3 Å². The maximum absolute atomic E-state index is 12.8. The number of hydrogen-bond donors (Lipinski definition) is 1. The average molecular weight is 317 g/mol. The lowest BCUT2D eigenvalue weighted by molar-refractivity contribution is -0.0447. The fourth-order valence-electron chi connectivity index (χ4n) is 2.35. The summed E-state index contributed by atoms with van der Waals surface area (Å²) >= 11 is 0. The first-order chi connectivity index (χ1) is 10.7. The van der Waals surface area contributed by atoms with Crippen LogP contribution in [0.3, 0.4) is 0 Å². The van der Waals surface area contributed by atoms with Crippen LogP contribution in [0.4, 0.5) is 8.78 Å². The van der Waals surface area contributed by atoms with Crippen molar-refractivity contribution >= 4 is 5.96 Å². The van der Waals surface area contributed by atoms with Crippen LogP contribution in [-0.4, -0.2) is 67.0 Å². The molecule has 2 heterocycles. The van der Waals surface area contributed by atoms with Gasteiger partial charge in [0.25, 0.3) is 0 Å². The Balaban J connectivity index is 1.93. The largest absolute Gasteiger partial charge is 0.382 e. The van der Waals surface area contributed by atoms with Gasteiger partial charge in [-0.1, -0.05) is 0 Å². The van der Waals surface area contributed by atoms with Gasteiger partial charge in [-0.25, -0.2) is 4.98 Å². The summed E-state index contributed by atoms with van der Waals surface area (Å²) in [5.74, 6) is 0.895. The summed E-state index contributed by atoms with van der Waals surface area (Å²) in [7, 11) is 3.28. The van der Waals surface area contributed by atoms with E-state index in [9.17, 15) is 8.78 Å². The Hall–Kier alpha value is -1.74. The third kappa shape index (κ3) is 4.14. The summed E-state index contributed by atoms with van der Waals surface area (Å²) in [6.07, 6.45) is 2.59. The van der Waals surface area contributed by atoms with E-state index in [1.165, 1.54) is 12.4 Å². The van der Waals surface area contributed by atoms with Crippen molar-refractivity contribution in [2.75, 3.05) is 40.5 Å². The van der Waals surface area contributed by atoms with E-state index >= 15 is 0 Å². The standard InChI is InChI=1S/C13H21F2N5O2/c1-16-13(19-5-6-22-10(8-19)9-21-2)18-7-11-17-3-4-20(11)12(14)15/h3-4,10,12H,5-9H2,1-2H3,(H,16,18). The topological polar surface area (TPSA) is 63.9 Å². The van der Waals surface area contributed by atoms with Crippen LogP contribution in [0, 0.1) is 0 Å². The SMILES string of the molecule is CN=C(NCc1nccn1C(F)F)N1CCOC(COC)C1. The Labute approximate surface area is 127 Å². The highest BCUT2D eigenvalue weighted by Crippen LogP contribution is 2.12. The van der Waals surface area contributed by atoms with E-state index in [0.717, 1.165) is 4.57 Å². The van der Waals surface area contributed by atoms with Crippen molar-refractivity contribution in [2.24, 2.45) is 4.99 Å². The van der Waals surface area contributed by atoms with Crippen LogP contribution in [0.25, 0.3) is 0 Å². The molecule has 9 heteroatoms. The molecular weight excluding hydrogens is 296 g/mol. The number of imidazole rings is 1. The molecule has 1 fully saturated rings. The van der Waals surface area contributed by atoms with E-state index < -0.39 is 6.55 Å². The molecule has 1 atom stereocenters. The molecule has 0 aromatic carbocycles. The van der Waals surface area contributed by atoms with Gasteiger partial charge in [0, 0.05) is 39.6 Å². The van der Waals surface area contributed by atoms with E-state index in [4.69, 9.17) is 9.47 Å². The molecule has 22 heavy (non-hydrogen) atoms. The smallest absolute Gasteiger partial charge is 0.319 e. The summed E-state index contributed by atoms with van der Waals surface area (Å²) < 4.78 is 37.1. The van der Waals surface area contributed by atoms with Crippen molar-refractivity contribution in [3.63, 3.8) is 0 Å². The van der Waals surface area contributed by atoms with Gasteiger partial charge in [0.1, 0.15) is 5.82 Å². The Morgan fingerprint density at radius 3 is 3.14 bits per heavy atom. The minimum atomic E-state index is -2.60. The summed E-state index contributed by atoms with van der Waals surface area (Å²) in [6, 6.07) is 0. The number of guanidine groups is 1. The number of ether oxygens (including phenoxy) is 2. The molecule has 1 aromatic rings. The second-order valence-corrected chi connectivity index (χ2v) is 4.82. The molecule has 124 valence electrons. The summed E-state index contributed by atoms with van der Waals surface area (Å²) in [5, 5.41) is 3.06. The fraction of sp³-hybridized carbons (Fsp3) is 0.692. The normalized spacial score (nSPS) is 19.8. The van der Waals surface area contributed by atoms with Gasteiger partial charge in [-0.3, -0.25) is 9.56 Å². The number of halogens is 2. The Morgan fingerprint density at radius 1 is 1.64 bits per heavy atom. The number of aromatic nitrogens is 2. The highest BCUT2D eigenvalue weighted by Gasteiger charge is 2.23. The van der Waals surface area contributed by atoms with Gasteiger partial charge < -0.3 is 19.7 Å². The zero-order chi connectivity index (χ0) is 15.9. The van der Waals surface area contributed by atoms with Gasteiger partial charge in [-0.15, -0.1) is 0 Å². The van der Waals surface area contributed by atoms with Crippen molar-refractivity contribution in [3.8, 4) is 0 Å². The molecule has 0 aliphatic carbocycles.